The molecule has 0 N–H and O–H groups in total. The average Bonchev–Trinajstić information content (AvgIpc) is 2.34. The van der Waals surface area contributed by atoms with Gasteiger partial charge in [0.2, 0.25) is 0 Å². The summed E-state index contributed by atoms with van der Waals surface area (Å²) in [6.07, 6.45) is 0. The maximum absolute atomic E-state index is 11.1. The van der Waals surface area contributed by atoms with E-state index < -0.39 is 0 Å². The van der Waals surface area contributed by atoms with Crippen molar-refractivity contribution in [3.63, 3.8) is 0 Å². The maximum Gasteiger partial charge on any atom is 0.324 e. The SMILES string of the molecule is CC1(Cn2ncsc2=O)COC1. The summed E-state index contributed by atoms with van der Waals surface area (Å²) in [5.41, 5.74) is 1.70. The molecule has 0 bridgehead atoms. The van der Waals surface area contributed by atoms with Crippen LogP contribution in [0.5, 0.6) is 0 Å². The molecule has 0 amide bonds. The fraction of sp³-hybridized carbons (Fsp3) is 0.714. The summed E-state index contributed by atoms with van der Waals surface area (Å²) in [6.45, 7) is 4.24. The van der Waals surface area contributed by atoms with E-state index in [-0.39, 0.29) is 10.3 Å². The summed E-state index contributed by atoms with van der Waals surface area (Å²) < 4.78 is 6.59. The van der Waals surface area contributed by atoms with Crippen molar-refractivity contribution < 1.29 is 4.74 Å². The van der Waals surface area contributed by atoms with Crippen LogP contribution in [0.15, 0.2) is 10.3 Å². The Hall–Kier alpha value is -0.680. The molecule has 1 aromatic rings. The third-order valence-corrected chi connectivity index (χ3v) is 2.60. The number of nitrogens with zero attached hydrogens (tertiary/aromatic N) is 2. The van der Waals surface area contributed by atoms with Crippen molar-refractivity contribution in [2.24, 2.45) is 5.41 Å². The van der Waals surface area contributed by atoms with Crippen molar-refractivity contribution in [3.05, 3.63) is 15.2 Å². The molecule has 0 aliphatic carbocycles. The molecule has 0 spiro atoms. The highest BCUT2D eigenvalue weighted by atomic mass is 32.1. The van der Waals surface area contributed by atoms with Gasteiger partial charge < -0.3 is 4.74 Å². The van der Waals surface area contributed by atoms with E-state index in [2.05, 4.69) is 12.0 Å². The number of hydrogen-bond donors (Lipinski definition) is 0. The van der Waals surface area contributed by atoms with Crippen LogP contribution >= 0.6 is 11.3 Å². The maximum atomic E-state index is 11.1. The molecule has 0 atom stereocenters. The number of rotatable bonds is 2. The van der Waals surface area contributed by atoms with Crippen molar-refractivity contribution in [1.29, 1.82) is 0 Å². The Morgan fingerprint density at radius 1 is 1.83 bits per heavy atom. The minimum Gasteiger partial charge on any atom is -0.380 e. The van der Waals surface area contributed by atoms with Gasteiger partial charge in [-0.3, -0.25) is 4.79 Å². The minimum absolute atomic E-state index is 0.0168. The summed E-state index contributed by atoms with van der Waals surface area (Å²) in [5.74, 6) is 0. The molecule has 0 radical (unpaired) electrons. The topological polar surface area (TPSA) is 44.1 Å². The molecular weight excluding hydrogens is 176 g/mol. The largest absolute Gasteiger partial charge is 0.380 e. The fourth-order valence-corrected chi connectivity index (χ4v) is 1.73. The van der Waals surface area contributed by atoms with Gasteiger partial charge in [-0.1, -0.05) is 18.3 Å². The molecular formula is C7H10N2O2S. The first-order chi connectivity index (χ1) is 5.70. The standard InChI is InChI=1S/C7H10N2O2S/c1-7(3-11-4-7)2-9-6(10)12-5-8-9/h5H,2-4H2,1H3. The van der Waals surface area contributed by atoms with Crippen LogP contribution < -0.4 is 4.87 Å². The first-order valence-corrected chi connectivity index (χ1v) is 4.66. The zero-order valence-corrected chi connectivity index (χ0v) is 7.63. The lowest BCUT2D eigenvalue weighted by Crippen LogP contribution is -2.44. The van der Waals surface area contributed by atoms with Crippen molar-refractivity contribution in [1.82, 2.24) is 9.78 Å². The summed E-state index contributed by atoms with van der Waals surface area (Å²) in [6, 6.07) is 0. The van der Waals surface area contributed by atoms with E-state index in [0.717, 1.165) is 24.6 Å². The van der Waals surface area contributed by atoms with Crippen LogP contribution in [-0.2, 0) is 11.3 Å². The van der Waals surface area contributed by atoms with Gasteiger partial charge in [-0.2, -0.15) is 5.10 Å². The first-order valence-electron chi connectivity index (χ1n) is 3.78. The molecule has 1 aliphatic rings. The predicted molar refractivity (Wildman–Crippen MR) is 45.3 cm³/mol. The normalized spacial score (nSPS) is 20.4. The second-order valence-electron chi connectivity index (χ2n) is 3.47. The third-order valence-electron chi connectivity index (χ3n) is 1.98. The van der Waals surface area contributed by atoms with Crippen LogP contribution in [0.2, 0.25) is 0 Å². The second-order valence-corrected chi connectivity index (χ2v) is 4.26. The van der Waals surface area contributed by atoms with E-state index in [0.29, 0.717) is 6.54 Å². The van der Waals surface area contributed by atoms with E-state index >= 15 is 0 Å². The molecule has 2 heterocycles. The van der Waals surface area contributed by atoms with Crippen molar-refractivity contribution in [3.8, 4) is 0 Å². The lowest BCUT2D eigenvalue weighted by molar-refractivity contribution is -0.111. The highest BCUT2D eigenvalue weighted by molar-refractivity contribution is 7.06. The van der Waals surface area contributed by atoms with E-state index in [1.807, 2.05) is 0 Å². The quantitative estimate of drug-likeness (QED) is 0.669. The molecule has 1 saturated heterocycles. The Labute approximate surface area is 73.8 Å². The molecule has 0 aromatic carbocycles. The Bertz CT molecular complexity index is 326. The van der Waals surface area contributed by atoms with Gasteiger partial charge in [-0.05, 0) is 0 Å². The lowest BCUT2D eigenvalue weighted by atomic mass is 9.89. The molecule has 12 heavy (non-hydrogen) atoms. The number of hydrogen-bond acceptors (Lipinski definition) is 4. The van der Waals surface area contributed by atoms with Crippen LogP contribution in [0.4, 0.5) is 0 Å². The van der Waals surface area contributed by atoms with E-state index in [4.69, 9.17) is 4.74 Å². The Morgan fingerprint density at radius 3 is 3.00 bits per heavy atom. The Morgan fingerprint density at radius 2 is 2.58 bits per heavy atom. The van der Waals surface area contributed by atoms with Gasteiger partial charge in [0, 0.05) is 5.41 Å². The zero-order chi connectivity index (χ0) is 8.60. The van der Waals surface area contributed by atoms with Crippen LogP contribution in [-0.4, -0.2) is 23.0 Å². The molecule has 5 heteroatoms. The van der Waals surface area contributed by atoms with Crippen LogP contribution in [0.3, 0.4) is 0 Å². The van der Waals surface area contributed by atoms with Gasteiger partial charge in [0.1, 0.15) is 5.51 Å². The molecule has 4 nitrogen and oxygen atoms in total. The predicted octanol–water partition coefficient (Wildman–Crippen LogP) is 0.341. The molecule has 0 unspecified atom stereocenters. The molecule has 66 valence electrons. The van der Waals surface area contributed by atoms with E-state index in [1.165, 1.54) is 4.68 Å². The highest BCUT2D eigenvalue weighted by Crippen LogP contribution is 2.27. The highest BCUT2D eigenvalue weighted by Gasteiger charge is 2.34. The minimum atomic E-state index is 0.0168. The second kappa shape index (κ2) is 2.67. The third kappa shape index (κ3) is 1.30. The summed E-state index contributed by atoms with van der Waals surface area (Å²) >= 11 is 1.14. The zero-order valence-electron chi connectivity index (χ0n) is 6.82. The monoisotopic (exact) mass is 186 g/mol. The van der Waals surface area contributed by atoms with Crippen molar-refractivity contribution in [2.45, 2.75) is 13.5 Å². The van der Waals surface area contributed by atoms with Gasteiger partial charge in [0.05, 0.1) is 19.8 Å². The molecule has 2 rings (SSSR count). The van der Waals surface area contributed by atoms with Gasteiger partial charge >= 0.3 is 4.87 Å². The average molecular weight is 186 g/mol. The lowest BCUT2D eigenvalue weighted by Gasteiger charge is -2.37. The fourth-order valence-electron chi connectivity index (χ4n) is 1.24. The van der Waals surface area contributed by atoms with Gasteiger partial charge in [0.15, 0.2) is 0 Å². The van der Waals surface area contributed by atoms with Gasteiger partial charge in [-0.15, -0.1) is 0 Å². The van der Waals surface area contributed by atoms with E-state index in [1.54, 1.807) is 5.51 Å². The summed E-state index contributed by atoms with van der Waals surface area (Å²) in [4.78, 5) is 11.1. The first kappa shape index (κ1) is 7.94. The van der Waals surface area contributed by atoms with Gasteiger partial charge in [0.25, 0.3) is 0 Å². The molecule has 1 fully saturated rings. The van der Waals surface area contributed by atoms with Crippen molar-refractivity contribution in [2.75, 3.05) is 13.2 Å². The summed E-state index contributed by atoms with van der Waals surface area (Å²) in [7, 11) is 0. The van der Waals surface area contributed by atoms with E-state index in [9.17, 15) is 4.79 Å². The Balaban J connectivity index is 2.13. The van der Waals surface area contributed by atoms with Crippen molar-refractivity contribution >= 4 is 11.3 Å². The van der Waals surface area contributed by atoms with Gasteiger partial charge in [-0.25, -0.2) is 4.68 Å². The number of ether oxygens (including phenoxy) is 1. The molecule has 1 aromatic heterocycles. The van der Waals surface area contributed by atoms with Crippen LogP contribution in [0.1, 0.15) is 6.92 Å². The molecule has 0 saturated carbocycles. The van der Waals surface area contributed by atoms with Crippen LogP contribution in [0, 0.1) is 5.41 Å². The Kier molecular flexibility index (Phi) is 1.77. The van der Waals surface area contributed by atoms with Crippen LogP contribution in [0.25, 0.3) is 0 Å². The number of aromatic nitrogens is 2. The smallest absolute Gasteiger partial charge is 0.324 e. The molecule has 1 aliphatic heterocycles. The summed E-state index contributed by atoms with van der Waals surface area (Å²) in [5, 5.41) is 3.95.